The van der Waals surface area contributed by atoms with E-state index in [2.05, 4.69) is 49.4 Å². The molecule has 2 atom stereocenters. The molecule has 0 N–H and O–H groups in total. The third kappa shape index (κ3) is 2.49. The smallest absolute Gasteiger partial charge is 0.162 e. The number of carbonyl (C=O) groups excluding carboxylic acids is 1. The number of ketones is 1. The van der Waals surface area contributed by atoms with Gasteiger partial charge in [-0.05, 0) is 29.9 Å². The van der Waals surface area contributed by atoms with Gasteiger partial charge in [-0.2, -0.15) is 0 Å². The normalized spacial score (nSPS) is 23.1. The summed E-state index contributed by atoms with van der Waals surface area (Å²) in [6, 6.07) is 8.68. The molecule has 2 unspecified atom stereocenters. The first kappa shape index (κ1) is 13.4. The third-order valence-electron chi connectivity index (χ3n) is 4.54. The topological polar surface area (TPSA) is 17.1 Å². The lowest BCUT2D eigenvalue weighted by atomic mass is 9.84. The maximum Gasteiger partial charge on any atom is 0.162 e. The van der Waals surface area contributed by atoms with E-state index in [0.29, 0.717) is 24.0 Å². The van der Waals surface area contributed by atoms with E-state index in [1.807, 2.05) is 0 Å². The quantitative estimate of drug-likeness (QED) is 0.712. The Labute approximate surface area is 121 Å². The Kier molecular flexibility index (Phi) is 3.86. The van der Waals surface area contributed by atoms with Crippen LogP contribution in [-0.2, 0) is 11.2 Å². The number of hydrogen-bond acceptors (Lipinski definition) is 1. The summed E-state index contributed by atoms with van der Waals surface area (Å²) < 4.78 is 0. The number of fused-ring (bicyclic) bond motifs is 3. The van der Waals surface area contributed by atoms with Crippen molar-refractivity contribution < 1.29 is 4.79 Å². The lowest BCUT2D eigenvalue weighted by Gasteiger charge is -2.19. The summed E-state index contributed by atoms with van der Waals surface area (Å²) in [6.45, 7) is 2.17. The van der Waals surface area contributed by atoms with Crippen molar-refractivity contribution in [2.75, 3.05) is 0 Å². The summed E-state index contributed by atoms with van der Waals surface area (Å²) in [7, 11) is 0. The van der Waals surface area contributed by atoms with Crippen LogP contribution in [0.3, 0.4) is 0 Å². The second kappa shape index (κ2) is 5.78. The first-order valence-electron chi connectivity index (χ1n) is 7.80. The van der Waals surface area contributed by atoms with Crippen LogP contribution in [0.5, 0.6) is 0 Å². The van der Waals surface area contributed by atoms with Gasteiger partial charge < -0.3 is 0 Å². The van der Waals surface area contributed by atoms with E-state index in [-0.39, 0.29) is 0 Å². The Morgan fingerprint density at radius 1 is 1.25 bits per heavy atom. The van der Waals surface area contributed by atoms with Crippen LogP contribution in [0, 0.1) is 5.92 Å². The predicted molar refractivity (Wildman–Crippen MR) is 82.7 cm³/mol. The van der Waals surface area contributed by atoms with Crippen molar-refractivity contribution in [1.29, 1.82) is 0 Å². The Morgan fingerprint density at radius 2 is 2.10 bits per heavy atom. The fraction of sp³-hybridized carbons (Fsp3) is 0.421. The number of benzene rings is 1. The summed E-state index contributed by atoms with van der Waals surface area (Å²) >= 11 is 0. The lowest BCUT2D eigenvalue weighted by molar-refractivity contribution is -0.115. The molecule has 1 aromatic carbocycles. The average Bonchev–Trinajstić information content (AvgIpc) is 2.85. The van der Waals surface area contributed by atoms with Gasteiger partial charge in [0.05, 0.1) is 0 Å². The molecule has 0 aromatic heterocycles. The van der Waals surface area contributed by atoms with E-state index in [9.17, 15) is 4.79 Å². The molecule has 0 aliphatic heterocycles. The molecule has 0 radical (unpaired) electrons. The Hall–Kier alpha value is -1.63. The minimum atomic E-state index is 0.323. The van der Waals surface area contributed by atoms with Crippen LogP contribution >= 0.6 is 0 Å². The van der Waals surface area contributed by atoms with Gasteiger partial charge in [-0.3, -0.25) is 4.79 Å². The van der Waals surface area contributed by atoms with Gasteiger partial charge in [-0.1, -0.05) is 62.3 Å². The molecule has 1 aromatic rings. The van der Waals surface area contributed by atoms with E-state index in [0.717, 1.165) is 24.8 Å². The van der Waals surface area contributed by atoms with Crippen LogP contribution in [-0.4, -0.2) is 5.78 Å². The van der Waals surface area contributed by atoms with Crippen LogP contribution < -0.4 is 0 Å². The highest BCUT2D eigenvalue weighted by molar-refractivity contribution is 5.98. The fourth-order valence-electron chi connectivity index (χ4n) is 3.43. The van der Waals surface area contributed by atoms with Crippen LogP contribution in [0.25, 0.3) is 0 Å². The summed E-state index contributed by atoms with van der Waals surface area (Å²) in [6.07, 6.45) is 11.6. The Bertz CT molecular complexity index is 565. The fourth-order valence-corrected chi connectivity index (χ4v) is 3.43. The van der Waals surface area contributed by atoms with Gasteiger partial charge in [-0.25, -0.2) is 0 Å². The number of allylic oxidation sites excluding steroid dienone is 4. The van der Waals surface area contributed by atoms with Crippen LogP contribution in [0.1, 0.15) is 49.7 Å². The van der Waals surface area contributed by atoms with Gasteiger partial charge in [0.25, 0.3) is 0 Å². The second-order valence-electron chi connectivity index (χ2n) is 5.95. The van der Waals surface area contributed by atoms with Crippen LogP contribution in [0.15, 0.2) is 48.1 Å². The zero-order chi connectivity index (χ0) is 13.9. The Morgan fingerprint density at radius 3 is 2.95 bits per heavy atom. The maximum absolute atomic E-state index is 12.2. The van der Waals surface area contributed by atoms with Gasteiger partial charge >= 0.3 is 0 Å². The zero-order valence-electron chi connectivity index (χ0n) is 12.1. The van der Waals surface area contributed by atoms with Gasteiger partial charge in [-0.15, -0.1) is 0 Å². The van der Waals surface area contributed by atoms with Crippen molar-refractivity contribution in [3.8, 4) is 0 Å². The number of hydrogen-bond donors (Lipinski definition) is 0. The highest BCUT2D eigenvalue weighted by Gasteiger charge is 2.31. The summed E-state index contributed by atoms with van der Waals surface area (Å²) in [5.74, 6) is 1.30. The number of Topliss-reactive ketones (excluding diaryl/α,β-unsaturated/α-hetero) is 1. The van der Waals surface area contributed by atoms with E-state index in [1.165, 1.54) is 17.5 Å². The van der Waals surface area contributed by atoms with E-state index in [1.54, 1.807) is 0 Å². The SMILES string of the molecule is CCCCCC(=O)C1=CC2Cc3ccccc3C2C=C1. The summed E-state index contributed by atoms with van der Waals surface area (Å²) in [5, 5.41) is 0. The summed E-state index contributed by atoms with van der Waals surface area (Å²) in [5.41, 5.74) is 3.83. The monoisotopic (exact) mass is 266 g/mol. The van der Waals surface area contributed by atoms with Gasteiger partial charge in [0.2, 0.25) is 0 Å². The zero-order valence-corrected chi connectivity index (χ0v) is 12.1. The van der Waals surface area contributed by atoms with Gasteiger partial charge in [0, 0.05) is 17.9 Å². The maximum atomic E-state index is 12.2. The molecule has 0 amide bonds. The van der Waals surface area contributed by atoms with Gasteiger partial charge in [0.1, 0.15) is 0 Å². The Balaban J connectivity index is 1.71. The van der Waals surface area contributed by atoms with Crippen molar-refractivity contribution in [2.45, 2.75) is 44.9 Å². The van der Waals surface area contributed by atoms with Crippen LogP contribution in [0.2, 0.25) is 0 Å². The van der Waals surface area contributed by atoms with Crippen molar-refractivity contribution in [1.82, 2.24) is 0 Å². The standard InChI is InChI=1S/C19H22O/c1-2-3-4-9-19(20)15-10-11-18-16(13-15)12-14-7-5-6-8-17(14)18/h5-8,10-11,13,16,18H,2-4,9,12H2,1H3. The van der Waals surface area contributed by atoms with Crippen molar-refractivity contribution in [2.24, 2.45) is 5.92 Å². The van der Waals surface area contributed by atoms with Gasteiger partial charge in [0.15, 0.2) is 5.78 Å². The molecule has 3 rings (SSSR count). The van der Waals surface area contributed by atoms with Crippen molar-refractivity contribution in [3.05, 3.63) is 59.2 Å². The highest BCUT2D eigenvalue weighted by Crippen LogP contribution is 2.42. The number of unbranched alkanes of at least 4 members (excludes halogenated alkanes) is 2. The van der Waals surface area contributed by atoms with E-state index >= 15 is 0 Å². The van der Waals surface area contributed by atoms with E-state index in [4.69, 9.17) is 0 Å². The number of carbonyl (C=O) groups is 1. The molecule has 0 saturated carbocycles. The molecule has 0 bridgehead atoms. The van der Waals surface area contributed by atoms with Crippen molar-refractivity contribution >= 4 is 5.78 Å². The third-order valence-corrected chi connectivity index (χ3v) is 4.54. The van der Waals surface area contributed by atoms with Crippen LogP contribution in [0.4, 0.5) is 0 Å². The molecule has 0 saturated heterocycles. The molecule has 0 spiro atoms. The molecular formula is C19H22O. The minimum Gasteiger partial charge on any atom is -0.294 e. The molecule has 20 heavy (non-hydrogen) atoms. The number of rotatable bonds is 5. The molecule has 1 nitrogen and oxygen atoms in total. The second-order valence-corrected chi connectivity index (χ2v) is 5.95. The molecule has 2 aliphatic carbocycles. The molecule has 0 heterocycles. The lowest BCUT2D eigenvalue weighted by Crippen LogP contribution is -2.11. The first-order chi connectivity index (χ1) is 9.79. The minimum absolute atomic E-state index is 0.323. The molecular weight excluding hydrogens is 244 g/mol. The largest absolute Gasteiger partial charge is 0.294 e. The molecule has 2 aliphatic rings. The predicted octanol–water partition coefficient (Wildman–Crippen LogP) is 4.59. The summed E-state index contributed by atoms with van der Waals surface area (Å²) in [4.78, 5) is 12.2. The van der Waals surface area contributed by atoms with Crippen molar-refractivity contribution in [3.63, 3.8) is 0 Å². The highest BCUT2D eigenvalue weighted by atomic mass is 16.1. The molecule has 104 valence electrons. The molecule has 0 fully saturated rings. The first-order valence-corrected chi connectivity index (χ1v) is 7.80. The average molecular weight is 266 g/mol. The van der Waals surface area contributed by atoms with E-state index < -0.39 is 0 Å². The molecule has 1 heteroatoms.